The quantitative estimate of drug-likeness (QED) is 0.605. The first-order valence-electron chi connectivity index (χ1n) is 8.33. The average molecular weight is 379 g/mol. The summed E-state index contributed by atoms with van der Waals surface area (Å²) in [5.41, 5.74) is 0.336. The number of nitriles is 1. The van der Waals surface area contributed by atoms with Crippen molar-refractivity contribution < 1.29 is 19.0 Å². The van der Waals surface area contributed by atoms with Gasteiger partial charge in [-0.3, -0.25) is 9.36 Å². The van der Waals surface area contributed by atoms with Gasteiger partial charge in [-0.05, 0) is 24.3 Å². The Morgan fingerprint density at radius 3 is 2.46 bits per heavy atom. The topological polar surface area (TPSA) is 103 Å². The van der Waals surface area contributed by atoms with Crippen LogP contribution < -0.4 is 15.0 Å². The van der Waals surface area contributed by atoms with Gasteiger partial charge >= 0.3 is 5.97 Å². The molecule has 1 aromatic heterocycles. The van der Waals surface area contributed by atoms with Crippen LogP contribution in [0.4, 0.5) is 0 Å². The maximum absolute atomic E-state index is 12.6. The van der Waals surface area contributed by atoms with E-state index in [4.69, 9.17) is 19.5 Å². The number of para-hydroxylation sites is 1. The molecular formula is C20H17N3O5. The molecule has 1 heterocycles. The molecule has 0 aliphatic carbocycles. The SMILES string of the molecule is COc1cc(OC)cc(C(=O)OCc2nc3ccccc3c(=O)n2CC#N)c1. The van der Waals surface area contributed by atoms with Crippen LogP contribution in [0.1, 0.15) is 16.2 Å². The van der Waals surface area contributed by atoms with E-state index >= 15 is 0 Å². The highest BCUT2D eigenvalue weighted by Gasteiger charge is 2.15. The summed E-state index contributed by atoms with van der Waals surface area (Å²) < 4.78 is 16.8. The number of hydrogen-bond acceptors (Lipinski definition) is 7. The van der Waals surface area contributed by atoms with E-state index in [0.29, 0.717) is 22.4 Å². The number of hydrogen-bond donors (Lipinski definition) is 0. The van der Waals surface area contributed by atoms with Crippen LogP contribution in [0.3, 0.4) is 0 Å². The lowest BCUT2D eigenvalue weighted by atomic mass is 10.2. The molecule has 0 amide bonds. The molecule has 0 saturated carbocycles. The normalized spacial score (nSPS) is 10.3. The number of benzene rings is 2. The predicted molar refractivity (Wildman–Crippen MR) is 100 cm³/mol. The number of carbonyl (C=O) groups excluding carboxylic acids is 1. The van der Waals surface area contributed by atoms with Crippen LogP contribution in [0, 0.1) is 11.3 Å². The standard InChI is InChI=1S/C20H17N3O5/c1-26-14-9-13(10-15(11-14)27-2)20(25)28-12-18-22-17-6-4-3-5-16(17)19(24)23(18)8-7-21/h3-6,9-11H,8,12H2,1-2H3. The van der Waals surface area contributed by atoms with Gasteiger partial charge in [0.2, 0.25) is 0 Å². The van der Waals surface area contributed by atoms with Crippen LogP contribution in [-0.4, -0.2) is 29.7 Å². The summed E-state index contributed by atoms with van der Waals surface area (Å²) in [6, 6.07) is 13.4. The molecular weight excluding hydrogens is 362 g/mol. The minimum atomic E-state index is -0.636. The van der Waals surface area contributed by atoms with Gasteiger partial charge in [0, 0.05) is 6.07 Å². The van der Waals surface area contributed by atoms with Crippen LogP contribution in [0.15, 0.2) is 47.3 Å². The Morgan fingerprint density at radius 1 is 1.14 bits per heavy atom. The Bertz CT molecular complexity index is 1110. The number of rotatable bonds is 6. The van der Waals surface area contributed by atoms with Crippen LogP contribution in [0.5, 0.6) is 11.5 Å². The number of aromatic nitrogens is 2. The summed E-state index contributed by atoms with van der Waals surface area (Å²) in [7, 11) is 2.95. The molecule has 0 aliphatic heterocycles. The summed E-state index contributed by atoms with van der Waals surface area (Å²) in [5.74, 6) is 0.435. The molecule has 3 rings (SSSR count). The lowest BCUT2D eigenvalue weighted by Gasteiger charge is -2.12. The third-order valence-corrected chi connectivity index (χ3v) is 4.09. The van der Waals surface area contributed by atoms with Crippen LogP contribution >= 0.6 is 0 Å². The Morgan fingerprint density at radius 2 is 1.82 bits per heavy atom. The smallest absolute Gasteiger partial charge is 0.338 e. The van der Waals surface area contributed by atoms with Gasteiger partial charge < -0.3 is 14.2 Å². The molecule has 28 heavy (non-hydrogen) atoms. The number of carbonyl (C=O) groups is 1. The van der Waals surface area contributed by atoms with Gasteiger partial charge in [0.25, 0.3) is 5.56 Å². The molecule has 0 saturated heterocycles. The highest BCUT2D eigenvalue weighted by Crippen LogP contribution is 2.23. The fourth-order valence-electron chi connectivity index (χ4n) is 2.70. The molecule has 0 radical (unpaired) electrons. The summed E-state index contributed by atoms with van der Waals surface area (Å²) in [6.45, 7) is -0.462. The Labute approximate surface area is 160 Å². The van der Waals surface area contributed by atoms with E-state index in [-0.39, 0.29) is 30.1 Å². The van der Waals surface area contributed by atoms with E-state index < -0.39 is 5.97 Å². The second-order valence-corrected chi connectivity index (χ2v) is 5.77. The first-order chi connectivity index (χ1) is 13.6. The average Bonchev–Trinajstić information content (AvgIpc) is 2.73. The molecule has 142 valence electrons. The third-order valence-electron chi connectivity index (χ3n) is 4.09. The minimum absolute atomic E-state index is 0.188. The summed E-state index contributed by atoms with van der Waals surface area (Å²) in [4.78, 5) is 29.5. The molecule has 2 aromatic carbocycles. The number of methoxy groups -OCH3 is 2. The van der Waals surface area contributed by atoms with Crippen molar-refractivity contribution in [1.29, 1.82) is 5.26 Å². The summed E-state index contributed by atoms with van der Waals surface area (Å²) >= 11 is 0. The highest BCUT2D eigenvalue weighted by molar-refractivity contribution is 5.90. The van der Waals surface area contributed by atoms with E-state index in [2.05, 4.69) is 4.98 Å². The van der Waals surface area contributed by atoms with E-state index in [9.17, 15) is 9.59 Å². The molecule has 0 fully saturated rings. The zero-order valence-electron chi connectivity index (χ0n) is 15.3. The minimum Gasteiger partial charge on any atom is -0.497 e. The Balaban J connectivity index is 1.91. The first-order valence-corrected chi connectivity index (χ1v) is 8.33. The zero-order valence-corrected chi connectivity index (χ0v) is 15.3. The predicted octanol–water partition coefficient (Wildman–Crippen LogP) is 2.29. The van der Waals surface area contributed by atoms with E-state index in [0.717, 1.165) is 0 Å². The Kier molecular flexibility index (Phi) is 5.56. The molecule has 0 aliphatic rings. The third kappa shape index (κ3) is 3.78. The Hall–Kier alpha value is -3.86. The zero-order chi connectivity index (χ0) is 20.1. The second kappa shape index (κ2) is 8.22. The molecule has 0 bridgehead atoms. The maximum atomic E-state index is 12.6. The van der Waals surface area contributed by atoms with Gasteiger partial charge in [-0.15, -0.1) is 0 Å². The van der Waals surface area contributed by atoms with Crippen LogP contribution in [0.2, 0.25) is 0 Å². The number of esters is 1. The molecule has 8 heteroatoms. The lowest BCUT2D eigenvalue weighted by molar-refractivity contribution is 0.0456. The second-order valence-electron chi connectivity index (χ2n) is 5.77. The van der Waals surface area contributed by atoms with Crippen molar-refractivity contribution in [3.63, 3.8) is 0 Å². The molecule has 0 atom stereocenters. The summed E-state index contributed by atoms with van der Waals surface area (Å²) in [6.07, 6.45) is 0. The molecule has 3 aromatic rings. The van der Waals surface area contributed by atoms with E-state index in [1.54, 1.807) is 30.3 Å². The van der Waals surface area contributed by atoms with Crippen molar-refractivity contribution in [2.75, 3.05) is 14.2 Å². The van der Waals surface area contributed by atoms with Gasteiger partial charge in [0.05, 0.1) is 36.8 Å². The van der Waals surface area contributed by atoms with Crippen molar-refractivity contribution in [1.82, 2.24) is 9.55 Å². The highest BCUT2D eigenvalue weighted by atomic mass is 16.5. The van der Waals surface area contributed by atoms with Gasteiger partial charge in [0.15, 0.2) is 5.82 Å². The fourth-order valence-corrected chi connectivity index (χ4v) is 2.70. The van der Waals surface area contributed by atoms with Gasteiger partial charge in [-0.2, -0.15) is 5.26 Å². The van der Waals surface area contributed by atoms with Crippen molar-refractivity contribution in [3.05, 3.63) is 64.2 Å². The molecule has 8 nitrogen and oxygen atoms in total. The monoisotopic (exact) mass is 379 g/mol. The van der Waals surface area contributed by atoms with E-state index in [1.807, 2.05) is 6.07 Å². The number of nitrogens with zero attached hydrogens (tertiary/aromatic N) is 3. The van der Waals surface area contributed by atoms with Crippen molar-refractivity contribution >= 4 is 16.9 Å². The lowest BCUT2D eigenvalue weighted by Crippen LogP contribution is -2.26. The van der Waals surface area contributed by atoms with Crippen molar-refractivity contribution in [2.24, 2.45) is 0 Å². The van der Waals surface area contributed by atoms with Gasteiger partial charge in [0.1, 0.15) is 24.7 Å². The number of ether oxygens (including phenoxy) is 3. The molecule has 0 spiro atoms. The van der Waals surface area contributed by atoms with Gasteiger partial charge in [-0.1, -0.05) is 12.1 Å². The van der Waals surface area contributed by atoms with Crippen LogP contribution in [-0.2, 0) is 17.9 Å². The van der Waals surface area contributed by atoms with Gasteiger partial charge in [-0.25, -0.2) is 9.78 Å². The first kappa shape index (κ1) is 18.9. The summed E-state index contributed by atoms with van der Waals surface area (Å²) in [5, 5.41) is 9.43. The van der Waals surface area contributed by atoms with Crippen LogP contribution in [0.25, 0.3) is 10.9 Å². The fraction of sp³-hybridized carbons (Fsp3) is 0.200. The molecule has 0 N–H and O–H groups in total. The van der Waals surface area contributed by atoms with Crippen molar-refractivity contribution in [2.45, 2.75) is 13.2 Å². The molecule has 0 unspecified atom stereocenters. The largest absolute Gasteiger partial charge is 0.497 e. The maximum Gasteiger partial charge on any atom is 0.338 e. The number of fused-ring (bicyclic) bond motifs is 1. The van der Waals surface area contributed by atoms with Crippen molar-refractivity contribution in [3.8, 4) is 17.6 Å². The van der Waals surface area contributed by atoms with E-state index in [1.165, 1.54) is 30.9 Å².